The molecule has 2 aromatic rings. The largest absolute Gasteiger partial charge is 0.480 e. The summed E-state index contributed by atoms with van der Waals surface area (Å²) in [4.78, 5) is 10.8. The van der Waals surface area contributed by atoms with Crippen molar-refractivity contribution in [1.29, 1.82) is 0 Å². The van der Waals surface area contributed by atoms with E-state index in [1.807, 2.05) is 19.1 Å². The van der Waals surface area contributed by atoms with Crippen LogP contribution >= 0.6 is 0 Å². The average Bonchev–Trinajstić information content (AvgIpc) is 2.56. The number of nitrogens with two attached hydrogens (primary N) is 1. The van der Waals surface area contributed by atoms with Crippen LogP contribution in [-0.2, 0) is 4.79 Å². The smallest absolute Gasteiger partial charge is 0.325 e. The van der Waals surface area contributed by atoms with E-state index in [0.717, 1.165) is 11.1 Å². The fourth-order valence-electron chi connectivity index (χ4n) is 1.59. The average molecular weight is 205 g/mol. The third-order valence-corrected chi connectivity index (χ3v) is 2.30. The van der Waals surface area contributed by atoms with Gasteiger partial charge in [0.1, 0.15) is 17.4 Å². The highest BCUT2D eigenvalue weighted by Gasteiger charge is 2.18. The van der Waals surface area contributed by atoms with Gasteiger partial charge in [-0.15, -0.1) is 0 Å². The monoisotopic (exact) mass is 205 g/mol. The lowest BCUT2D eigenvalue weighted by molar-refractivity contribution is -0.138. The third-order valence-electron chi connectivity index (χ3n) is 2.30. The van der Waals surface area contributed by atoms with Gasteiger partial charge in [-0.1, -0.05) is 18.2 Å². The number of aliphatic carboxylic acids is 1. The molecule has 4 nitrogen and oxygen atoms in total. The lowest BCUT2D eigenvalue weighted by Crippen LogP contribution is -2.20. The first kappa shape index (κ1) is 9.73. The van der Waals surface area contributed by atoms with Crippen molar-refractivity contribution in [3.05, 3.63) is 35.6 Å². The summed E-state index contributed by atoms with van der Waals surface area (Å²) < 4.78 is 5.43. The van der Waals surface area contributed by atoms with E-state index in [1.54, 1.807) is 12.1 Å². The molecule has 2 rings (SSSR count). The van der Waals surface area contributed by atoms with Crippen molar-refractivity contribution in [2.75, 3.05) is 0 Å². The van der Waals surface area contributed by atoms with Gasteiger partial charge in [0, 0.05) is 10.9 Å². The third kappa shape index (κ3) is 1.59. The van der Waals surface area contributed by atoms with Gasteiger partial charge in [-0.25, -0.2) is 0 Å². The molecule has 0 amide bonds. The van der Waals surface area contributed by atoms with Gasteiger partial charge in [0.2, 0.25) is 0 Å². The molecule has 0 saturated heterocycles. The Labute approximate surface area is 86.3 Å². The molecule has 0 aliphatic carbocycles. The zero-order valence-corrected chi connectivity index (χ0v) is 8.23. The summed E-state index contributed by atoms with van der Waals surface area (Å²) in [6.07, 6.45) is 0. The fourth-order valence-corrected chi connectivity index (χ4v) is 1.59. The molecule has 0 spiro atoms. The molecule has 3 N–H and O–H groups in total. The van der Waals surface area contributed by atoms with E-state index in [1.165, 1.54) is 0 Å². The van der Waals surface area contributed by atoms with Crippen LogP contribution in [0.25, 0.3) is 11.0 Å². The zero-order valence-electron chi connectivity index (χ0n) is 8.23. The van der Waals surface area contributed by atoms with Crippen LogP contribution in [0.15, 0.2) is 28.7 Å². The van der Waals surface area contributed by atoms with Gasteiger partial charge in [-0.05, 0) is 13.0 Å². The topological polar surface area (TPSA) is 76.5 Å². The maximum Gasteiger partial charge on any atom is 0.325 e. The molecule has 0 aliphatic rings. The number of hydrogen-bond donors (Lipinski definition) is 2. The maximum atomic E-state index is 10.8. The number of rotatable bonds is 2. The van der Waals surface area contributed by atoms with Gasteiger partial charge in [-0.2, -0.15) is 0 Å². The Hall–Kier alpha value is -1.81. The summed E-state index contributed by atoms with van der Waals surface area (Å²) in [5, 5.41) is 9.71. The summed E-state index contributed by atoms with van der Waals surface area (Å²) in [7, 11) is 0. The van der Waals surface area contributed by atoms with E-state index >= 15 is 0 Å². The predicted molar refractivity (Wildman–Crippen MR) is 55.5 cm³/mol. The molecule has 0 aliphatic heterocycles. The van der Waals surface area contributed by atoms with Crippen LogP contribution in [0.4, 0.5) is 0 Å². The fraction of sp³-hybridized carbons (Fsp3) is 0.182. The van der Waals surface area contributed by atoms with Gasteiger partial charge >= 0.3 is 5.97 Å². The standard InChI is InChI=1S/C11H11NO3/c1-6-5-7-3-2-4-8(10(7)15-6)9(12)11(13)14/h2-5,9H,12H2,1H3,(H,13,14). The number of para-hydroxylation sites is 1. The predicted octanol–water partition coefficient (Wildman–Crippen LogP) is 1.83. The number of hydrogen-bond acceptors (Lipinski definition) is 3. The van der Waals surface area contributed by atoms with Crippen LogP contribution in [0, 0.1) is 6.92 Å². The molecule has 0 radical (unpaired) electrons. The number of aryl methyl sites for hydroxylation is 1. The van der Waals surface area contributed by atoms with Crippen LogP contribution in [0.2, 0.25) is 0 Å². The highest BCUT2D eigenvalue weighted by Crippen LogP contribution is 2.26. The van der Waals surface area contributed by atoms with Gasteiger partial charge in [0.05, 0.1) is 0 Å². The van der Waals surface area contributed by atoms with Gasteiger partial charge in [-0.3, -0.25) is 4.79 Å². The first-order valence-corrected chi connectivity index (χ1v) is 4.57. The van der Waals surface area contributed by atoms with Crippen molar-refractivity contribution >= 4 is 16.9 Å². The Morgan fingerprint density at radius 1 is 1.53 bits per heavy atom. The number of fused-ring (bicyclic) bond motifs is 1. The SMILES string of the molecule is Cc1cc2cccc(C(N)C(=O)O)c2o1. The Balaban J connectivity index is 2.64. The van der Waals surface area contributed by atoms with Crippen molar-refractivity contribution in [2.45, 2.75) is 13.0 Å². The van der Waals surface area contributed by atoms with Crippen molar-refractivity contribution < 1.29 is 14.3 Å². The summed E-state index contributed by atoms with van der Waals surface area (Å²) in [5.41, 5.74) is 6.62. The van der Waals surface area contributed by atoms with Crippen LogP contribution in [0.5, 0.6) is 0 Å². The van der Waals surface area contributed by atoms with Crippen LogP contribution in [0.1, 0.15) is 17.4 Å². The Kier molecular flexibility index (Phi) is 2.21. The summed E-state index contributed by atoms with van der Waals surface area (Å²) in [6.45, 7) is 1.82. The van der Waals surface area contributed by atoms with E-state index in [0.29, 0.717) is 11.1 Å². The second kappa shape index (κ2) is 3.40. The Bertz CT molecular complexity index is 516. The van der Waals surface area contributed by atoms with Crippen molar-refractivity contribution in [2.24, 2.45) is 5.73 Å². The Morgan fingerprint density at radius 3 is 2.93 bits per heavy atom. The minimum atomic E-state index is -1.06. The minimum absolute atomic E-state index is 0.508. The van der Waals surface area contributed by atoms with E-state index < -0.39 is 12.0 Å². The molecule has 15 heavy (non-hydrogen) atoms. The molecule has 0 fully saturated rings. The van der Waals surface area contributed by atoms with Gasteiger partial charge in [0.25, 0.3) is 0 Å². The second-order valence-electron chi connectivity index (χ2n) is 3.44. The molecular formula is C11H11NO3. The van der Waals surface area contributed by atoms with E-state index in [9.17, 15) is 4.79 Å². The Morgan fingerprint density at radius 2 is 2.27 bits per heavy atom. The minimum Gasteiger partial charge on any atom is -0.480 e. The van der Waals surface area contributed by atoms with Crippen molar-refractivity contribution in [3.63, 3.8) is 0 Å². The van der Waals surface area contributed by atoms with Crippen LogP contribution < -0.4 is 5.73 Å². The first-order chi connectivity index (χ1) is 7.09. The molecule has 0 bridgehead atoms. The number of furan rings is 1. The molecule has 0 saturated carbocycles. The normalized spacial score (nSPS) is 12.9. The lowest BCUT2D eigenvalue weighted by Gasteiger charge is -2.06. The molecule has 78 valence electrons. The highest BCUT2D eigenvalue weighted by atomic mass is 16.4. The first-order valence-electron chi connectivity index (χ1n) is 4.57. The lowest BCUT2D eigenvalue weighted by atomic mass is 10.1. The van der Waals surface area contributed by atoms with Crippen LogP contribution in [-0.4, -0.2) is 11.1 Å². The second-order valence-corrected chi connectivity index (χ2v) is 3.44. The summed E-state index contributed by atoms with van der Waals surface area (Å²) in [6, 6.07) is 6.12. The maximum absolute atomic E-state index is 10.8. The van der Waals surface area contributed by atoms with Gasteiger partial charge in [0.15, 0.2) is 0 Å². The molecule has 1 unspecified atom stereocenters. The molecule has 1 aromatic heterocycles. The summed E-state index contributed by atoms with van der Waals surface area (Å²) in [5.74, 6) is -0.313. The van der Waals surface area contributed by atoms with Gasteiger partial charge < -0.3 is 15.3 Å². The van der Waals surface area contributed by atoms with Crippen LogP contribution in [0.3, 0.4) is 0 Å². The molecule has 1 atom stereocenters. The highest BCUT2D eigenvalue weighted by molar-refractivity contribution is 5.87. The van der Waals surface area contributed by atoms with Crippen molar-refractivity contribution in [3.8, 4) is 0 Å². The quantitative estimate of drug-likeness (QED) is 0.784. The summed E-state index contributed by atoms with van der Waals surface area (Å²) >= 11 is 0. The number of carboxylic acids is 1. The number of carbonyl (C=O) groups is 1. The number of benzene rings is 1. The zero-order chi connectivity index (χ0) is 11.0. The number of carboxylic acid groups (broad SMARTS) is 1. The molecule has 4 heteroatoms. The van der Waals surface area contributed by atoms with E-state index in [4.69, 9.17) is 15.3 Å². The van der Waals surface area contributed by atoms with Crippen molar-refractivity contribution in [1.82, 2.24) is 0 Å². The molecular weight excluding hydrogens is 194 g/mol. The molecule has 1 aromatic carbocycles. The van der Waals surface area contributed by atoms with E-state index in [2.05, 4.69) is 0 Å². The molecule has 1 heterocycles. The van der Waals surface area contributed by atoms with E-state index in [-0.39, 0.29) is 0 Å².